The van der Waals surface area contributed by atoms with Gasteiger partial charge in [0.25, 0.3) is 0 Å². The van der Waals surface area contributed by atoms with Crippen LogP contribution in [0.3, 0.4) is 0 Å². The molecule has 2 aromatic rings. The number of para-hydroxylation sites is 1. The Morgan fingerprint density at radius 1 is 1.33 bits per heavy atom. The zero-order valence-corrected chi connectivity index (χ0v) is 14.9. The molecule has 3 rings (SSSR count). The Labute approximate surface area is 146 Å². The van der Waals surface area contributed by atoms with E-state index in [1.165, 1.54) is 24.6 Å². The van der Waals surface area contributed by atoms with Crippen LogP contribution in [-0.2, 0) is 4.79 Å². The minimum Gasteiger partial charge on any atom is -0.312 e. The van der Waals surface area contributed by atoms with Gasteiger partial charge in [0, 0.05) is 12.2 Å². The summed E-state index contributed by atoms with van der Waals surface area (Å²) in [6.45, 7) is 4.55. The molecule has 0 saturated heterocycles. The second-order valence-electron chi connectivity index (χ2n) is 6.02. The van der Waals surface area contributed by atoms with Crippen molar-refractivity contribution >= 4 is 23.4 Å². The van der Waals surface area contributed by atoms with E-state index in [1.54, 1.807) is 4.90 Å². The van der Waals surface area contributed by atoms with Crippen molar-refractivity contribution in [3.8, 4) is 0 Å². The lowest BCUT2D eigenvalue weighted by atomic mass is 10.2. The van der Waals surface area contributed by atoms with Crippen LogP contribution in [0.1, 0.15) is 45.6 Å². The standard InChI is InChI=1S/C17H23N5OS/c1-3-21(14-9-5-4-6-10-14)16(23)13(2)24-17-18-19-20-22(17)15-11-7-8-12-15/h4-6,9-10,13,15H,3,7-8,11-12H2,1-2H3. The summed E-state index contributed by atoms with van der Waals surface area (Å²) in [4.78, 5) is 14.7. The molecule has 1 amide bonds. The number of carbonyl (C=O) groups is 1. The van der Waals surface area contributed by atoms with Gasteiger partial charge in [0.2, 0.25) is 11.1 Å². The fourth-order valence-electron chi connectivity index (χ4n) is 3.14. The van der Waals surface area contributed by atoms with E-state index in [0.29, 0.717) is 12.6 Å². The Hall–Kier alpha value is -1.89. The van der Waals surface area contributed by atoms with Crippen molar-refractivity contribution in [1.29, 1.82) is 0 Å². The molecule has 1 aromatic heterocycles. The van der Waals surface area contributed by atoms with Crippen LogP contribution in [0.2, 0.25) is 0 Å². The van der Waals surface area contributed by atoms with Crippen molar-refractivity contribution in [2.45, 2.75) is 56.0 Å². The highest BCUT2D eigenvalue weighted by Gasteiger charge is 2.27. The lowest BCUT2D eigenvalue weighted by Gasteiger charge is -2.24. The first kappa shape index (κ1) is 17.0. The molecule has 0 bridgehead atoms. The number of amides is 1. The second kappa shape index (κ2) is 7.79. The molecule has 1 unspecified atom stereocenters. The Kier molecular flexibility index (Phi) is 5.50. The minimum absolute atomic E-state index is 0.0784. The molecule has 1 saturated carbocycles. The first-order valence-electron chi connectivity index (χ1n) is 8.51. The van der Waals surface area contributed by atoms with Gasteiger partial charge in [0.15, 0.2) is 0 Å². The highest BCUT2D eigenvalue weighted by Crippen LogP contribution is 2.33. The number of benzene rings is 1. The number of anilines is 1. The highest BCUT2D eigenvalue weighted by atomic mass is 32.2. The van der Waals surface area contributed by atoms with Gasteiger partial charge in [-0.05, 0) is 49.2 Å². The monoisotopic (exact) mass is 345 g/mol. The summed E-state index contributed by atoms with van der Waals surface area (Å²) < 4.78 is 1.90. The highest BCUT2D eigenvalue weighted by molar-refractivity contribution is 8.00. The van der Waals surface area contributed by atoms with Crippen LogP contribution in [0.4, 0.5) is 5.69 Å². The summed E-state index contributed by atoms with van der Waals surface area (Å²) in [7, 11) is 0. The predicted octanol–water partition coefficient (Wildman–Crippen LogP) is 3.32. The van der Waals surface area contributed by atoms with Crippen molar-refractivity contribution < 1.29 is 4.79 Å². The number of tetrazole rings is 1. The molecule has 1 aliphatic carbocycles. The van der Waals surface area contributed by atoms with E-state index >= 15 is 0 Å². The third-order valence-corrected chi connectivity index (χ3v) is 5.45. The van der Waals surface area contributed by atoms with Crippen LogP contribution >= 0.6 is 11.8 Å². The van der Waals surface area contributed by atoms with Crippen molar-refractivity contribution in [3.63, 3.8) is 0 Å². The molecule has 24 heavy (non-hydrogen) atoms. The molecule has 6 nitrogen and oxygen atoms in total. The van der Waals surface area contributed by atoms with Crippen molar-refractivity contribution in [1.82, 2.24) is 20.2 Å². The van der Waals surface area contributed by atoms with Gasteiger partial charge in [-0.3, -0.25) is 4.79 Å². The summed E-state index contributed by atoms with van der Waals surface area (Å²) in [6, 6.07) is 10.1. The van der Waals surface area contributed by atoms with Crippen LogP contribution in [0.25, 0.3) is 0 Å². The van der Waals surface area contributed by atoms with Crippen LogP contribution in [0.15, 0.2) is 35.5 Å². The maximum Gasteiger partial charge on any atom is 0.240 e. The van der Waals surface area contributed by atoms with Gasteiger partial charge < -0.3 is 4.90 Å². The number of thioether (sulfide) groups is 1. The Bertz CT molecular complexity index is 669. The third-order valence-electron chi connectivity index (χ3n) is 4.41. The lowest BCUT2D eigenvalue weighted by Crippen LogP contribution is -2.36. The molecule has 1 atom stereocenters. The molecular weight excluding hydrogens is 322 g/mol. The maximum atomic E-state index is 12.9. The molecule has 1 aliphatic rings. The smallest absolute Gasteiger partial charge is 0.240 e. The quantitative estimate of drug-likeness (QED) is 0.752. The zero-order chi connectivity index (χ0) is 16.9. The number of aromatic nitrogens is 4. The Morgan fingerprint density at radius 3 is 2.71 bits per heavy atom. The van der Waals surface area contributed by atoms with Gasteiger partial charge in [-0.25, -0.2) is 4.68 Å². The first-order chi connectivity index (χ1) is 11.7. The molecule has 0 spiro atoms. The summed E-state index contributed by atoms with van der Waals surface area (Å²) >= 11 is 1.45. The third kappa shape index (κ3) is 3.61. The van der Waals surface area contributed by atoms with Crippen molar-refractivity contribution in [2.75, 3.05) is 11.4 Å². The van der Waals surface area contributed by atoms with Gasteiger partial charge in [-0.1, -0.05) is 42.8 Å². The molecule has 0 radical (unpaired) electrons. The summed E-state index contributed by atoms with van der Waals surface area (Å²) in [6.07, 6.45) is 4.68. The maximum absolute atomic E-state index is 12.9. The zero-order valence-electron chi connectivity index (χ0n) is 14.1. The van der Waals surface area contributed by atoms with Gasteiger partial charge in [-0.15, -0.1) is 5.10 Å². The Morgan fingerprint density at radius 2 is 2.04 bits per heavy atom. The largest absolute Gasteiger partial charge is 0.312 e. The summed E-state index contributed by atoms with van der Waals surface area (Å²) in [5.41, 5.74) is 0.924. The number of nitrogens with zero attached hydrogens (tertiary/aromatic N) is 5. The summed E-state index contributed by atoms with van der Waals surface area (Å²) in [5, 5.41) is 12.6. The minimum atomic E-state index is -0.240. The second-order valence-corrected chi connectivity index (χ2v) is 7.33. The van der Waals surface area contributed by atoms with Gasteiger partial charge in [0.05, 0.1) is 11.3 Å². The van der Waals surface area contributed by atoms with E-state index < -0.39 is 0 Å². The van der Waals surface area contributed by atoms with Crippen LogP contribution < -0.4 is 4.90 Å². The van der Waals surface area contributed by atoms with Crippen molar-refractivity contribution in [2.24, 2.45) is 0 Å². The predicted molar refractivity (Wildman–Crippen MR) is 95.1 cm³/mol. The van der Waals surface area contributed by atoms with Crippen LogP contribution in [-0.4, -0.2) is 37.9 Å². The molecule has 7 heteroatoms. The number of rotatable bonds is 6. The average Bonchev–Trinajstić information content (AvgIpc) is 3.27. The molecule has 128 valence electrons. The first-order valence-corrected chi connectivity index (χ1v) is 9.39. The fourth-order valence-corrected chi connectivity index (χ4v) is 4.06. The number of hydrogen-bond acceptors (Lipinski definition) is 5. The molecular formula is C17H23N5OS. The normalized spacial score (nSPS) is 16.2. The van der Waals surface area contributed by atoms with E-state index in [9.17, 15) is 4.79 Å². The van der Waals surface area contributed by atoms with E-state index in [-0.39, 0.29) is 11.2 Å². The lowest BCUT2D eigenvalue weighted by molar-refractivity contribution is -0.117. The average molecular weight is 345 g/mol. The van der Waals surface area contributed by atoms with E-state index in [2.05, 4.69) is 15.5 Å². The van der Waals surface area contributed by atoms with Gasteiger partial charge >= 0.3 is 0 Å². The van der Waals surface area contributed by atoms with E-state index in [1.807, 2.05) is 48.9 Å². The molecule has 0 aliphatic heterocycles. The van der Waals surface area contributed by atoms with Crippen LogP contribution in [0.5, 0.6) is 0 Å². The van der Waals surface area contributed by atoms with E-state index in [0.717, 1.165) is 23.7 Å². The van der Waals surface area contributed by atoms with Crippen LogP contribution in [0, 0.1) is 0 Å². The van der Waals surface area contributed by atoms with Gasteiger partial charge in [-0.2, -0.15) is 0 Å². The number of carbonyl (C=O) groups excluding carboxylic acids is 1. The topological polar surface area (TPSA) is 63.9 Å². The van der Waals surface area contributed by atoms with Gasteiger partial charge in [0.1, 0.15) is 0 Å². The molecule has 1 aromatic carbocycles. The SMILES string of the molecule is CCN(C(=O)C(C)Sc1nnnn1C1CCCC1)c1ccccc1. The number of hydrogen-bond donors (Lipinski definition) is 0. The van der Waals surface area contributed by atoms with E-state index in [4.69, 9.17) is 0 Å². The van der Waals surface area contributed by atoms with Crippen molar-refractivity contribution in [3.05, 3.63) is 30.3 Å². The summed E-state index contributed by atoms with van der Waals surface area (Å²) in [5.74, 6) is 0.0784. The fraction of sp³-hybridized carbons (Fsp3) is 0.529. The Balaban J connectivity index is 1.71. The molecule has 0 N–H and O–H groups in total. The molecule has 1 heterocycles. The molecule has 1 fully saturated rings.